The Labute approximate surface area is 385 Å². The molecule has 1 amide bonds. The molecule has 0 aliphatic carbocycles. The predicted octanol–water partition coefficient (Wildman–Crippen LogP) is 15.0. The van der Waals surface area contributed by atoms with Gasteiger partial charge in [-0.15, -0.1) is 0 Å². The molecule has 0 fully saturated rings. The molecular formula is C53H105N2O6P. The maximum Gasteiger partial charge on any atom is 0.268 e. The first-order valence-electron chi connectivity index (χ1n) is 26.7. The summed E-state index contributed by atoms with van der Waals surface area (Å²) in [7, 11) is 1.25. The van der Waals surface area contributed by atoms with Crippen molar-refractivity contribution in [3.05, 3.63) is 24.3 Å². The summed E-state index contributed by atoms with van der Waals surface area (Å²) >= 11 is 0. The Bertz CT molecular complexity index is 1060. The maximum atomic E-state index is 12.9. The van der Waals surface area contributed by atoms with E-state index in [1.165, 1.54) is 199 Å². The zero-order valence-corrected chi connectivity index (χ0v) is 42.7. The molecule has 62 heavy (non-hydrogen) atoms. The highest BCUT2D eigenvalue weighted by Gasteiger charge is 2.23. The average Bonchev–Trinajstić information content (AvgIpc) is 3.23. The number of carbonyl (C=O) groups is 1. The summed E-state index contributed by atoms with van der Waals surface area (Å²) < 4.78 is 23.3. The first-order chi connectivity index (χ1) is 30.0. The second-order valence-corrected chi connectivity index (χ2v) is 21.0. The smallest absolute Gasteiger partial charge is 0.268 e. The maximum absolute atomic E-state index is 12.9. The van der Waals surface area contributed by atoms with Crippen LogP contribution in [0.1, 0.15) is 258 Å². The summed E-state index contributed by atoms with van der Waals surface area (Å²) in [6.45, 7) is 4.65. The number of phosphoric acid groups is 1. The van der Waals surface area contributed by atoms with E-state index in [4.69, 9.17) is 9.05 Å². The van der Waals surface area contributed by atoms with Crippen molar-refractivity contribution in [2.45, 2.75) is 270 Å². The van der Waals surface area contributed by atoms with Gasteiger partial charge in [0.25, 0.3) is 7.82 Å². The Hall–Kier alpha value is -1.02. The molecule has 0 aliphatic heterocycles. The molecule has 8 nitrogen and oxygen atoms in total. The van der Waals surface area contributed by atoms with E-state index in [1.807, 2.05) is 27.2 Å². The normalized spacial score (nSPS) is 14.2. The fraction of sp³-hybridized carbons (Fsp3) is 0.906. The number of phosphoric ester groups is 1. The van der Waals surface area contributed by atoms with E-state index in [0.717, 1.165) is 38.5 Å². The van der Waals surface area contributed by atoms with Crippen LogP contribution in [0.4, 0.5) is 0 Å². The van der Waals surface area contributed by atoms with Gasteiger partial charge in [0.15, 0.2) is 0 Å². The van der Waals surface area contributed by atoms with Gasteiger partial charge >= 0.3 is 0 Å². The van der Waals surface area contributed by atoms with Crippen LogP contribution in [0.2, 0.25) is 0 Å². The van der Waals surface area contributed by atoms with Crippen LogP contribution in [0, 0.1) is 0 Å². The van der Waals surface area contributed by atoms with Crippen molar-refractivity contribution >= 4 is 13.7 Å². The summed E-state index contributed by atoms with van der Waals surface area (Å²) in [6.07, 6.45) is 55.4. The number of carbonyl (C=O) groups excluding carboxylic acids is 1. The van der Waals surface area contributed by atoms with Gasteiger partial charge < -0.3 is 28.8 Å². The Morgan fingerprint density at radius 1 is 0.548 bits per heavy atom. The summed E-state index contributed by atoms with van der Waals surface area (Å²) in [5.41, 5.74) is 0. The van der Waals surface area contributed by atoms with E-state index in [0.29, 0.717) is 17.4 Å². The summed E-state index contributed by atoms with van der Waals surface area (Å²) in [4.78, 5) is 25.4. The predicted molar refractivity (Wildman–Crippen MR) is 265 cm³/mol. The molecule has 3 atom stereocenters. The molecular weight excluding hydrogens is 792 g/mol. The number of allylic oxidation sites excluding steroid dienone is 3. The summed E-state index contributed by atoms with van der Waals surface area (Å²) in [5, 5.41) is 13.8. The molecule has 9 heteroatoms. The second kappa shape index (κ2) is 45.1. The van der Waals surface area contributed by atoms with Gasteiger partial charge in [0.05, 0.1) is 39.9 Å². The van der Waals surface area contributed by atoms with E-state index in [2.05, 4.69) is 31.3 Å². The quantitative estimate of drug-likeness (QED) is 0.0273. The third-order valence-electron chi connectivity index (χ3n) is 12.2. The molecule has 0 heterocycles. The zero-order valence-electron chi connectivity index (χ0n) is 41.8. The molecule has 2 N–H and O–H groups in total. The van der Waals surface area contributed by atoms with Gasteiger partial charge in [-0.05, 0) is 32.1 Å². The van der Waals surface area contributed by atoms with Crippen molar-refractivity contribution in [1.29, 1.82) is 0 Å². The molecule has 0 aliphatic rings. The molecule has 368 valence electrons. The Morgan fingerprint density at radius 3 is 1.31 bits per heavy atom. The first kappa shape index (κ1) is 61.0. The number of aliphatic hydroxyl groups excluding tert-OH is 1. The lowest BCUT2D eigenvalue weighted by molar-refractivity contribution is -0.870. The number of aliphatic hydroxyl groups is 1. The number of unbranched alkanes of at least 4 members (excludes halogenated alkanes) is 34. The summed E-state index contributed by atoms with van der Waals surface area (Å²) in [5.74, 6) is -0.203. The van der Waals surface area contributed by atoms with Gasteiger partial charge in [-0.1, -0.05) is 244 Å². The molecule has 0 saturated carbocycles. The van der Waals surface area contributed by atoms with Crippen LogP contribution in [0.3, 0.4) is 0 Å². The number of rotatable bonds is 49. The fourth-order valence-electron chi connectivity index (χ4n) is 7.94. The van der Waals surface area contributed by atoms with Gasteiger partial charge in [-0.25, -0.2) is 0 Å². The minimum absolute atomic E-state index is 0.00398. The molecule has 0 spiro atoms. The molecule has 0 aromatic heterocycles. The van der Waals surface area contributed by atoms with E-state index in [-0.39, 0.29) is 19.1 Å². The number of hydrogen-bond donors (Lipinski definition) is 2. The van der Waals surface area contributed by atoms with E-state index < -0.39 is 20.0 Å². The summed E-state index contributed by atoms with van der Waals surface area (Å²) in [6, 6.07) is -0.899. The SMILES string of the molecule is CCCCCCCCCCC/C=C/CC/C=C/C(O)C(COP(=O)([O-])OCC[N+](C)(C)C)NC(=O)CCCCCCCCCCCCCCCCCCCCCCCCCCC. The lowest BCUT2D eigenvalue weighted by Gasteiger charge is -2.29. The van der Waals surface area contributed by atoms with Crippen molar-refractivity contribution in [2.24, 2.45) is 0 Å². The van der Waals surface area contributed by atoms with Crippen molar-refractivity contribution in [3.8, 4) is 0 Å². The molecule has 0 saturated heterocycles. The molecule has 0 aromatic rings. The van der Waals surface area contributed by atoms with Crippen LogP contribution >= 0.6 is 7.82 Å². The second-order valence-electron chi connectivity index (χ2n) is 19.6. The highest BCUT2D eigenvalue weighted by molar-refractivity contribution is 7.45. The molecule has 0 aromatic carbocycles. The van der Waals surface area contributed by atoms with E-state index in [1.54, 1.807) is 6.08 Å². The molecule has 0 rings (SSSR count). The third kappa shape index (κ3) is 47.0. The topological polar surface area (TPSA) is 108 Å². The van der Waals surface area contributed by atoms with Crippen LogP contribution < -0.4 is 10.2 Å². The lowest BCUT2D eigenvalue weighted by Crippen LogP contribution is -2.45. The minimum atomic E-state index is -4.60. The molecule has 0 radical (unpaired) electrons. The number of nitrogens with one attached hydrogen (secondary N) is 1. The van der Waals surface area contributed by atoms with E-state index in [9.17, 15) is 19.4 Å². The van der Waals surface area contributed by atoms with Gasteiger partial charge in [-0.3, -0.25) is 9.36 Å². The van der Waals surface area contributed by atoms with Gasteiger partial charge in [0, 0.05) is 6.42 Å². The number of amides is 1. The number of likely N-dealkylation sites (N-methyl/N-ethyl adjacent to an activating group) is 1. The number of hydrogen-bond acceptors (Lipinski definition) is 6. The fourth-order valence-corrected chi connectivity index (χ4v) is 8.66. The van der Waals surface area contributed by atoms with Gasteiger partial charge in [0.1, 0.15) is 13.2 Å². The van der Waals surface area contributed by atoms with Crippen molar-refractivity contribution in [1.82, 2.24) is 5.32 Å². The molecule has 3 unspecified atom stereocenters. The van der Waals surface area contributed by atoms with Gasteiger partial charge in [0.2, 0.25) is 5.91 Å². The first-order valence-corrected chi connectivity index (χ1v) is 28.2. The van der Waals surface area contributed by atoms with Crippen LogP contribution in [0.25, 0.3) is 0 Å². The minimum Gasteiger partial charge on any atom is -0.756 e. The standard InChI is InChI=1S/C53H105N2O6P/c1-6-8-10-12-14-16-18-20-22-23-24-25-26-27-28-29-30-31-33-35-37-39-41-43-45-47-53(57)54-51(50-61-62(58,59)60-49-48-55(3,4)5)52(56)46-44-42-40-38-36-34-32-21-19-17-15-13-11-9-7-2/h36,38,44,46,51-52,56H,6-35,37,39-43,45,47-50H2,1-5H3,(H-,54,57,58,59)/b38-36+,46-44+. The van der Waals surface area contributed by atoms with Crippen LogP contribution in [0.5, 0.6) is 0 Å². The Balaban J connectivity index is 4.20. The van der Waals surface area contributed by atoms with E-state index >= 15 is 0 Å². The average molecular weight is 897 g/mol. The monoisotopic (exact) mass is 897 g/mol. The van der Waals surface area contributed by atoms with Crippen molar-refractivity contribution < 1.29 is 32.9 Å². The Kier molecular flexibility index (Phi) is 44.4. The largest absolute Gasteiger partial charge is 0.756 e. The highest BCUT2D eigenvalue weighted by Crippen LogP contribution is 2.38. The molecule has 0 bridgehead atoms. The van der Waals surface area contributed by atoms with Crippen molar-refractivity contribution in [2.75, 3.05) is 40.9 Å². The van der Waals surface area contributed by atoms with Crippen LogP contribution in [-0.2, 0) is 18.4 Å². The van der Waals surface area contributed by atoms with Gasteiger partial charge in [-0.2, -0.15) is 0 Å². The van der Waals surface area contributed by atoms with Crippen LogP contribution in [0.15, 0.2) is 24.3 Å². The number of quaternary nitrogens is 1. The lowest BCUT2D eigenvalue weighted by atomic mass is 10.0. The third-order valence-corrected chi connectivity index (χ3v) is 13.1. The van der Waals surface area contributed by atoms with Crippen molar-refractivity contribution in [3.63, 3.8) is 0 Å². The van der Waals surface area contributed by atoms with Crippen LogP contribution in [-0.4, -0.2) is 68.5 Å². The Morgan fingerprint density at radius 2 is 0.903 bits per heavy atom. The highest BCUT2D eigenvalue weighted by atomic mass is 31.2. The number of nitrogens with zero attached hydrogens (tertiary/aromatic N) is 1. The zero-order chi connectivity index (χ0) is 45.7.